The predicted molar refractivity (Wildman–Crippen MR) is 47.7 cm³/mol. The van der Waals surface area contributed by atoms with Crippen LogP contribution in [0.4, 0.5) is 0 Å². The Kier molecular flexibility index (Phi) is 2.12. The van der Waals surface area contributed by atoms with Crippen LogP contribution >= 0.6 is 12.9 Å². The van der Waals surface area contributed by atoms with Crippen molar-refractivity contribution in [3.05, 3.63) is 0 Å². The molecule has 0 atom stereocenters. The fourth-order valence-electron chi connectivity index (χ4n) is 2.58. The molecule has 2 nitrogen and oxygen atoms in total. The van der Waals surface area contributed by atoms with E-state index in [-0.39, 0.29) is 0 Å². The number of nitrogens with zero attached hydrogens (tertiary/aromatic N) is 1. The molecule has 0 radical (unpaired) electrons. The first kappa shape index (κ1) is 7.90. The zero-order chi connectivity index (χ0) is 7.73. The Morgan fingerprint density at radius 1 is 1.27 bits per heavy atom. The van der Waals surface area contributed by atoms with Crippen LogP contribution in [0, 0.1) is 0 Å². The Bertz CT molecular complexity index is 141. The summed E-state index contributed by atoms with van der Waals surface area (Å²) < 4.78 is 4.98. The molecule has 64 valence electrons. The Balaban J connectivity index is 2.07. The van der Waals surface area contributed by atoms with E-state index in [0.29, 0.717) is 5.54 Å². The largest absolute Gasteiger partial charge is 0.317 e. The van der Waals surface area contributed by atoms with Crippen LogP contribution in [0.15, 0.2) is 0 Å². The predicted octanol–water partition coefficient (Wildman–Crippen LogP) is 1.48. The van der Waals surface area contributed by atoms with Crippen molar-refractivity contribution in [1.29, 1.82) is 0 Å². The van der Waals surface area contributed by atoms with E-state index in [1.54, 1.807) is 0 Å². The first-order valence-corrected chi connectivity index (χ1v) is 4.75. The SMILES string of the molecule is SOCC12CCCN1CCC2. The highest BCUT2D eigenvalue weighted by atomic mass is 32.1. The van der Waals surface area contributed by atoms with E-state index in [2.05, 4.69) is 17.8 Å². The maximum Gasteiger partial charge on any atom is 0.0794 e. The number of fused-ring (bicyclic) bond motifs is 1. The molecule has 2 aliphatic heterocycles. The molecule has 2 aliphatic rings. The summed E-state index contributed by atoms with van der Waals surface area (Å²) in [6.45, 7) is 3.37. The molecule has 3 heteroatoms. The maximum absolute atomic E-state index is 4.98. The average molecular weight is 173 g/mol. The van der Waals surface area contributed by atoms with Crippen LogP contribution in [-0.2, 0) is 4.18 Å². The zero-order valence-corrected chi connectivity index (χ0v) is 7.65. The lowest BCUT2D eigenvalue weighted by Gasteiger charge is -2.30. The van der Waals surface area contributed by atoms with Crippen LogP contribution in [-0.4, -0.2) is 30.1 Å². The number of hydrogen-bond donors (Lipinski definition) is 1. The highest BCUT2D eigenvalue weighted by Crippen LogP contribution is 2.38. The summed E-state index contributed by atoms with van der Waals surface area (Å²) in [6.07, 6.45) is 5.31. The van der Waals surface area contributed by atoms with Crippen LogP contribution in [0.25, 0.3) is 0 Å². The Morgan fingerprint density at radius 2 is 1.91 bits per heavy atom. The van der Waals surface area contributed by atoms with Gasteiger partial charge in [-0.15, -0.1) is 0 Å². The second-order valence-electron chi connectivity index (χ2n) is 3.69. The Morgan fingerprint density at radius 3 is 2.45 bits per heavy atom. The van der Waals surface area contributed by atoms with Gasteiger partial charge in [0.2, 0.25) is 0 Å². The standard InChI is InChI=1S/C8H15NOS/c11-10-7-8-3-1-5-9(8)6-2-4-8/h11H,1-7H2. The van der Waals surface area contributed by atoms with Crippen molar-refractivity contribution < 1.29 is 4.18 Å². The lowest BCUT2D eigenvalue weighted by Crippen LogP contribution is -2.41. The average Bonchev–Trinajstić information content (AvgIpc) is 2.45. The summed E-state index contributed by atoms with van der Waals surface area (Å²) in [5.41, 5.74) is 0.391. The lowest BCUT2D eigenvalue weighted by atomic mass is 9.95. The van der Waals surface area contributed by atoms with Crippen LogP contribution in [0.2, 0.25) is 0 Å². The van der Waals surface area contributed by atoms with Crippen molar-refractivity contribution in [3.63, 3.8) is 0 Å². The molecule has 0 N–H and O–H groups in total. The maximum atomic E-state index is 4.98. The molecule has 2 heterocycles. The van der Waals surface area contributed by atoms with E-state index in [1.165, 1.54) is 38.8 Å². The molecule has 0 aromatic carbocycles. The van der Waals surface area contributed by atoms with Crippen molar-refractivity contribution in [1.82, 2.24) is 4.90 Å². The van der Waals surface area contributed by atoms with Crippen LogP contribution in [0.5, 0.6) is 0 Å². The van der Waals surface area contributed by atoms with Crippen LogP contribution < -0.4 is 0 Å². The molecule has 2 saturated heterocycles. The molecule has 0 aromatic rings. The van der Waals surface area contributed by atoms with Gasteiger partial charge in [-0.3, -0.25) is 4.90 Å². The van der Waals surface area contributed by atoms with Gasteiger partial charge in [0.1, 0.15) is 0 Å². The smallest absolute Gasteiger partial charge is 0.0794 e. The molecule has 11 heavy (non-hydrogen) atoms. The minimum atomic E-state index is 0.391. The minimum Gasteiger partial charge on any atom is -0.317 e. The van der Waals surface area contributed by atoms with Gasteiger partial charge in [-0.05, 0) is 51.7 Å². The summed E-state index contributed by atoms with van der Waals surface area (Å²) in [7, 11) is 0. The Hall–Kier alpha value is 0.270. The van der Waals surface area contributed by atoms with E-state index in [4.69, 9.17) is 4.18 Å². The van der Waals surface area contributed by atoms with Gasteiger partial charge in [-0.2, -0.15) is 0 Å². The molecule has 0 spiro atoms. The molecule has 2 fully saturated rings. The molecule has 0 bridgehead atoms. The molecule has 0 aromatic heterocycles. The fraction of sp³-hybridized carbons (Fsp3) is 1.00. The molecular weight excluding hydrogens is 158 g/mol. The summed E-state index contributed by atoms with van der Waals surface area (Å²) in [4.78, 5) is 2.57. The molecule has 2 rings (SSSR count). The van der Waals surface area contributed by atoms with Gasteiger partial charge in [0.15, 0.2) is 0 Å². The van der Waals surface area contributed by atoms with Crippen LogP contribution in [0.1, 0.15) is 25.7 Å². The van der Waals surface area contributed by atoms with Gasteiger partial charge < -0.3 is 4.18 Å². The monoisotopic (exact) mass is 173 g/mol. The fourth-order valence-corrected chi connectivity index (χ4v) is 2.82. The first-order chi connectivity index (χ1) is 5.37. The molecule has 0 saturated carbocycles. The van der Waals surface area contributed by atoms with Crippen molar-refractivity contribution in [2.45, 2.75) is 31.2 Å². The van der Waals surface area contributed by atoms with Gasteiger partial charge in [-0.25, -0.2) is 0 Å². The van der Waals surface area contributed by atoms with Gasteiger partial charge in [0.25, 0.3) is 0 Å². The third-order valence-electron chi connectivity index (χ3n) is 3.14. The van der Waals surface area contributed by atoms with Crippen molar-refractivity contribution in [2.24, 2.45) is 0 Å². The van der Waals surface area contributed by atoms with Crippen LogP contribution in [0.3, 0.4) is 0 Å². The second kappa shape index (κ2) is 2.96. The van der Waals surface area contributed by atoms with Crippen molar-refractivity contribution in [3.8, 4) is 0 Å². The lowest BCUT2D eigenvalue weighted by molar-refractivity contribution is 0.128. The van der Waals surface area contributed by atoms with Crippen molar-refractivity contribution in [2.75, 3.05) is 19.7 Å². The topological polar surface area (TPSA) is 12.5 Å². The Labute approximate surface area is 73.5 Å². The summed E-state index contributed by atoms with van der Waals surface area (Å²) in [5, 5.41) is 0. The number of rotatable bonds is 2. The van der Waals surface area contributed by atoms with E-state index in [9.17, 15) is 0 Å². The summed E-state index contributed by atoms with van der Waals surface area (Å²) in [6, 6.07) is 0. The normalized spacial score (nSPS) is 29.2. The highest BCUT2D eigenvalue weighted by Gasteiger charge is 2.44. The summed E-state index contributed by atoms with van der Waals surface area (Å²) in [5.74, 6) is 0. The third kappa shape index (κ3) is 1.19. The van der Waals surface area contributed by atoms with E-state index >= 15 is 0 Å². The van der Waals surface area contributed by atoms with Gasteiger partial charge in [0.05, 0.1) is 6.61 Å². The van der Waals surface area contributed by atoms with Crippen molar-refractivity contribution >= 4 is 12.9 Å². The number of thiol groups is 1. The second-order valence-corrected chi connectivity index (χ2v) is 3.95. The minimum absolute atomic E-state index is 0.391. The number of hydrogen-bond acceptors (Lipinski definition) is 3. The highest BCUT2D eigenvalue weighted by molar-refractivity contribution is 7.75. The van der Waals surface area contributed by atoms with Gasteiger partial charge in [0, 0.05) is 5.54 Å². The molecule has 0 unspecified atom stereocenters. The van der Waals surface area contributed by atoms with E-state index in [0.717, 1.165) is 6.61 Å². The van der Waals surface area contributed by atoms with E-state index < -0.39 is 0 Å². The van der Waals surface area contributed by atoms with E-state index in [1.807, 2.05) is 0 Å². The zero-order valence-electron chi connectivity index (χ0n) is 6.75. The molecule has 0 aliphatic carbocycles. The van der Waals surface area contributed by atoms with Gasteiger partial charge >= 0.3 is 0 Å². The molecular formula is C8H15NOS. The summed E-state index contributed by atoms with van der Waals surface area (Å²) >= 11 is 3.85. The quantitative estimate of drug-likeness (QED) is 0.501. The van der Waals surface area contributed by atoms with Gasteiger partial charge in [-0.1, -0.05) is 0 Å². The first-order valence-electron chi connectivity index (χ1n) is 4.39. The third-order valence-corrected chi connectivity index (χ3v) is 3.27. The molecule has 0 amide bonds.